The van der Waals surface area contributed by atoms with Gasteiger partial charge < -0.3 is 9.67 Å². The number of allylic oxidation sites excluding steroid dienone is 1. The first-order chi connectivity index (χ1) is 14.8. The largest absolute Gasteiger partial charge is 0.481 e. The summed E-state index contributed by atoms with van der Waals surface area (Å²) in [5.74, 6) is -0.798. The predicted molar refractivity (Wildman–Crippen MR) is 118 cm³/mol. The van der Waals surface area contributed by atoms with E-state index in [1.54, 1.807) is 24.7 Å². The SMILES string of the molecule is O=C(O)CCC/C=C\[C@@H]1C[C@@H](NS(=O)(=O)c2ccc(Cl)cc2)CN1CCn1ccnc1. The highest BCUT2D eigenvalue weighted by Gasteiger charge is 2.33. The molecule has 2 heterocycles. The number of carbonyl (C=O) groups is 1. The van der Waals surface area contributed by atoms with E-state index in [1.807, 2.05) is 16.8 Å². The Morgan fingerprint density at radius 3 is 2.74 bits per heavy atom. The van der Waals surface area contributed by atoms with E-state index in [-0.39, 0.29) is 23.4 Å². The molecule has 0 radical (unpaired) electrons. The predicted octanol–water partition coefficient (Wildman–Crippen LogP) is 2.77. The van der Waals surface area contributed by atoms with Gasteiger partial charge in [-0.05, 0) is 43.5 Å². The van der Waals surface area contributed by atoms with Gasteiger partial charge in [0.1, 0.15) is 0 Å². The van der Waals surface area contributed by atoms with E-state index in [4.69, 9.17) is 16.7 Å². The topological polar surface area (TPSA) is 105 Å². The molecule has 1 aliphatic heterocycles. The molecule has 2 N–H and O–H groups in total. The molecule has 3 rings (SSSR count). The van der Waals surface area contributed by atoms with E-state index in [0.29, 0.717) is 30.8 Å². The maximum atomic E-state index is 12.8. The lowest BCUT2D eigenvalue weighted by molar-refractivity contribution is -0.137. The fourth-order valence-electron chi connectivity index (χ4n) is 3.66. The van der Waals surface area contributed by atoms with Crippen molar-refractivity contribution in [2.45, 2.75) is 49.2 Å². The van der Waals surface area contributed by atoms with Crippen LogP contribution in [0.2, 0.25) is 5.02 Å². The van der Waals surface area contributed by atoms with Crippen LogP contribution in [0.25, 0.3) is 0 Å². The van der Waals surface area contributed by atoms with E-state index in [9.17, 15) is 13.2 Å². The average Bonchev–Trinajstić information content (AvgIpc) is 3.35. The quantitative estimate of drug-likeness (QED) is 0.389. The average molecular weight is 467 g/mol. The smallest absolute Gasteiger partial charge is 0.303 e. The lowest BCUT2D eigenvalue weighted by Gasteiger charge is -2.22. The van der Waals surface area contributed by atoms with Crippen molar-refractivity contribution in [2.24, 2.45) is 0 Å². The first kappa shape index (κ1) is 23.5. The molecular weight excluding hydrogens is 440 g/mol. The Kier molecular flexibility index (Phi) is 8.25. The van der Waals surface area contributed by atoms with Crippen LogP contribution in [0.5, 0.6) is 0 Å². The van der Waals surface area contributed by atoms with Crippen molar-refractivity contribution in [3.63, 3.8) is 0 Å². The molecule has 0 unspecified atom stereocenters. The summed E-state index contributed by atoms with van der Waals surface area (Å²) in [5, 5.41) is 9.25. The number of benzene rings is 1. The molecular formula is C21H27ClN4O4S. The summed E-state index contributed by atoms with van der Waals surface area (Å²) < 4.78 is 30.3. The van der Waals surface area contributed by atoms with Crippen molar-refractivity contribution in [3.8, 4) is 0 Å². The van der Waals surface area contributed by atoms with Crippen LogP contribution in [0, 0.1) is 0 Å². The van der Waals surface area contributed by atoms with Crippen molar-refractivity contribution in [1.29, 1.82) is 0 Å². The Balaban J connectivity index is 1.63. The van der Waals surface area contributed by atoms with E-state index in [0.717, 1.165) is 13.1 Å². The first-order valence-electron chi connectivity index (χ1n) is 10.2. The summed E-state index contributed by atoms with van der Waals surface area (Å²) >= 11 is 5.87. The van der Waals surface area contributed by atoms with Crippen LogP contribution in [-0.4, -0.2) is 59.1 Å². The molecule has 8 nitrogen and oxygen atoms in total. The maximum absolute atomic E-state index is 12.8. The monoisotopic (exact) mass is 466 g/mol. The fraction of sp³-hybridized carbons (Fsp3) is 0.429. The van der Waals surface area contributed by atoms with Crippen molar-refractivity contribution in [2.75, 3.05) is 13.1 Å². The maximum Gasteiger partial charge on any atom is 0.303 e. The van der Waals surface area contributed by atoms with Gasteiger partial charge >= 0.3 is 5.97 Å². The highest BCUT2D eigenvalue weighted by atomic mass is 35.5. The van der Waals surface area contributed by atoms with E-state index in [1.165, 1.54) is 12.1 Å². The lowest BCUT2D eigenvalue weighted by atomic mass is 10.1. The highest BCUT2D eigenvalue weighted by molar-refractivity contribution is 7.89. The molecule has 0 amide bonds. The van der Waals surface area contributed by atoms with Gasteiger partial charge in [-0.3, -0.25) is 9.69 Å². The third kappa shape index (κ3) is 7.17. The summed E-state index contributed by atoms with van der Waals surface area (Å²) in [6, 6.07) is 5.96. The number of unbranched alkanes of at least 4 members (excludes halogenated alkanes) is 1. The zero-order valence-corrected chi connectivity index (χ0v) is 18.7. The van der Waals surface area contributed by atoms with Gasteiger partial charge in [0.05, 0.1) is 11.2 Å². The number of sulfonamides is 1. The number of likely N-dealkylation sites (tertiary alicyclic amines) is 1. The number of nitrogens with zero attached hydrogens (tertiary/aromatic N) is 3. The Morgan fingerprint density at radius 1 is 1.29 bits per heavy atom. The number of aromatic nitrogens is 2. The summed E-state index contributed by atoms with van der Waals surface area (Å²) in [6.45, 7) is 2.09. The van der Waals surface area contributed by atoms with Crippen molar-refractivity contribution >= 4 is 27.6 Å². The van der Waals surface area contributed by atoms with Gasteiger partial charge in [-0.1, -0.05) is 23.8 Å². The standard InChI is InChI=1S/C21H27ClN4O4S/c22-17-6-8-20(9-7-17)31(29,30)24-18-14-19(4-2-1-3-5-21(27)28)26(15-18)13-12-25-11-10-23-16-25/h2,4,6-11,16,18-19,24H,1,3,5,12-15H2,(H,27,28)/b4-2-/t18-,19-/m1/s1. The minimum absolute atomic E-state index is 0.0752. The molecule has 0 aliphatic carbocycles. The van der Waals surface area contributed by atoms with Gasteiger partial charge in [-0.2, -0.15) is 0 Å². The lowest BCUT2D eigenvalue weighted by Crippen LogP contribution is -2.37. The van der Waals surface area contributed by atoms with Crippen molar-refractivity contribution in [3.05, 3.63) is 60.2 Å². The molecule has 1 aromatic heterocycles. The van der Waals surface area contributed by atoms with E-state index in [2.05, 4.69) is 20.7 Å². The van der Waals surface area contributed by atoms with Crippen molar-refractivity contribution in [1.82, 2.24) is 19.2 Å². The molecule has 31 heavy (non-hydrogen) atoms. The van der Waals surface area contributed by atoms with Crippen LogP contribution in [0.3, 0.4) is 0 Å². The number of rotatable bonds is 11. The van der Waals surface area contributed by atoms with Gasteiger partial charge in [0, 0.05) is 55.6 Å². The Bertz CT molecular complexity index is 977. The Hall–Kier alpha value is -2.20. The van der Waals surface area contributed by atoms with Crippen LogP contribution in [0.15, 0.2) is 60.0 Å². The van der Waals surface area contributed by atoms with Gasteiger partial charge in [-0.15, -0.1) is 0 Å². The summed E-state index contributed by atoms with van der Waals surface area (Å²) in [5.41, 5.74) is 0. The van der Waals surface area contributed by atoms with Crippen molar-refractivity contribution < 1.29 is 18.3 Å². The Labute approximate surface area is 187 Å². The Morgan fingerprint density at radius 2 is 2.06 bits per heavy atom. The second kappa shape index (κ2) is 10.9. The number of hydrogen-bond acceptors (Lipinski definition) is 5. The summed E-state index contributed by atoms with van der Waals surface area (Å²) in [7, 11) is -3.64. The molecule has 2 aromatic rings. The number of carboxylic acids is 1. The molecule has 0 bridgehead atoms. The van der Waals surface area contributed by atoms with Gasteiger partial charge in [0.2, 0.25) is 10.0 Å². The van der Waals surface area contributed by atoms with Crippen LogP contribution in [0.1, 0.15) is 25.7 Å². The van der Waals surface area contributed by atoms with Crippen LogP contribution in [-0.2, 0) is 21.4 Å². The zero-order chi connectivity index (χ0) is 22.3. The molecule has 1 aromatic carbocycles. The number of halogens is 1. The second-order valence-corrected chi connectivity index (χ2v) is 9.74. The third-order valence-corrected chi connectivity index (χ3v) is 7.01. The van der Waals surface area contributed by atoms with E-state index >= 15 is 0 Å². The summed E-state index contributed by atoms with van der Waals surface area (Å²) in [6.07, 6.45) is 11.5. The number of hydrogen-bond donors (Lipinski definition) is 2. The number of carboxylic acid groups (broad SMARTS) is 1. The van der Waals surface area contributed by atoms with Crippen LogP contribution < -0.4 is 4.72 Å². The molecule has 1 fully saturated rings. The highest BCUT2D eigenvalue weighted by Crippen LogP contribution is 2.22. The summed E-state index contributed by atoms with van der Waals surface area (Å²) in [4.78, 5) is 17.2. The minimum Gasteiger partial charge on any atom is -0.481 e. The normalized spacial score (nSPS) is 19.9. The number of nitrogens with one attached hydrogen (secondary N) is 1. The van der Waals surface area contributed by atoms with Crippen LogP contribution in [0.4, 0.5) is 0 Å². The zero-order valence-electron chi connectivity index (χ0n) is 17.1. The van der Waals surface area contributed by atoms with Crippen LogP contribution >= 0.6 is 11.6 Å². The molecule has 168 valence electrons. The minimum atomic E-state index is -3.64. The first-order valence-corrected chi connectivity index (χ1v) is 12.1. The molecule has 0 saturated carbocycles. The molecule has 1 aliphatic rings. The third-order valence-electron chi connectivity index (χ3n) is 5.22. The second-order valence-electron chi connectivity index (χ2n) is 7.58. The molecule has 1 saturated heterocycles. The molecule has 2 atom stereocenters. The molecule has 0 spiro atoms. The van der Waals surface area contributed by atoms with Gasteiger partial charge in [0.15, 0.2) is 0 Å². The number of imidazole rings is 1. The van der Waals surface area contributed by atoms with Gasteiger partial charge in [0.25, 0.3) is 0 Å². The van der Waals surface area contributed by atoms with E-state index < -0.39 is 16.0 Å². The molecule has 10 heteroatoms. The van der Waals surface area contributed by atoms with Gasteiger partial charge in [-0.25, -0.2) is 18.1 Å². The number of aliphatic carboxylic acids is 1. The fourth-order valence-corrected chi connectivity index (χ4v) is 5.03.